The van der Waals surface area contributed by atoms with E-state index in [1.807, 2.05) is 6.07 Å². The minimum Gasteiger partial charge on any atom is -0.353 e. The van der Waals surface area contributed by atoms with E-state index in [-0.39, 0.29) is 11.8 Å². The van der Waals surface area contributed by atoms with Gasteiger partial charge in [-0.3, -0.25) is 4.79 Å². The third-order valence-corrected chi connectivity index (χ3v) is 6.13. The normalized spacial score (nSPS) is 22.0. The molecule has 4 rings (SSSR count). The lowest BCUT2D eigenvalue weighted by Crippen LogP contribution is -2.46. The highest BCUT2D eigenvalue weighted by atomic mass is 32.1. The molecule has 2 heterocycles. The number of anilines is 1. The van der Waals surface area contributed by atoms with Crippen LogP contribution >= 0.6 is 11.3 Å². The third-order valence-electron chi connectivity index (χ3n) is 5.03. The van der Waals surface area contributed by atoms with Crippen molar-refractivity contribution in [3.8, 4) is 0 Å². The predicted octanol–water partition coefficient (Wildman–Crippen LogP) is 3.74. The van der Waals surface area contributed by atoms with Crippen LogP contribution in [0.15, 0.2) is 36.4 Å². The Labute approximate surface area is 146 Å². The van der Waals surface area contributed by atoms with Crippen LogP contribution in [-0.4, -0.2) is 30.0 Å². The number of benzene rings is 1. The summed E-state index contributed by atoms with van der Waals surface area (Å²) in [6.07, 6.45) is 9.26. The lowest BCUT2D eigenvalue weighted by molar-refractivity contribution is -0.126. The number of nitrogens with zero attached hydrogens (tertiary/aromatic N) is 2. The molecule has 2 aromatic rings. The van der Waals surface area contributed by atoms with Gasteiger partial charge in [0.05, 0.1) is 10.2 Å². The zero-order chi connectivity index (χ0) is 16.4. The molecule has 1 fully saturated rings. The second kappa shape index (κ2) is 6.93. The number of hydrogen-bond donors (Lipinski definition) is 1. The first-order valence-electron chi connectivity index (χ1n) is 8.85. The molecule has 126 valence electrons. The summed E-state index contributed by atoms with van der Waals surface area (Å²) in [5.41, 5.74) is 1.08. The molecule has 4 nitrogen and oxygen atoms in total. The molecular weight excluding hydrogens is 318 g/mol. The average molecular weight is 341 g/mol. The van der Waals surface area contributed by atoms with Crippen molar-refractivity contribution in [3.05, 3.63) is 36.4 Å². The van der Waals surface area contributed by atoms with Gasteiger partial charge in [-0.1, -0.05) is 35.6 Å². The first-order valence-corrected chi connectivity index (χ1v) is 9.67. The maximum atomic E-state index is 12.4. The summed E-state index contributed by atoms with van der Waals surface area (Å²) in [6.45, 7) is 1.94. The van der Waals surface area contributed by atoms with E-state index in [0.717, 1.165) is 55.8 Å². The Morgan fingerprint density at radius 1 is 1.17 bits per heavy atom. The van der Waals surface area contributed by atoms with Gasteiger partial charge < -0.3 is 10.2 Å². The van der Waals surface area contributed by atoms with Crippen LogP contribution in [0.25, 0.3) is 10.2 Å². The maximum Gasteiger partial charge on any atom is 0.223 e. The predicted molar refractivity (Wildman–Crippen MR) is 99.5 cm³/mol. The number of amides is 1. The van der Waals surface area contributed by atoms with E-state index in [1.165, 1.54) is 4.70 Å². The number of hydrogen-bond acceptors (Lipinski definition) is 4. The number of para-hydroxylation sites is 1. The van der Waals surface area contributed by atoms with Gasteiger partial charge in [-0.15, -0.1) is 0 Å². The Morgan fingerprint density at radius 2 is 2.00 bits per heavy atom. The van der Waals surface area contributed by atoms with Crippen molar-refractivity contribution in [2.75, 3.05) is 18.0 Å². The van der Waals surface area contributed by atoms with Gasteiger partial charge in [-0.25, -0.2) is 4.98 Å². The number of fused-ring (bicyclic) bond motifs is 1. The van der Waals surface area contributed by atoms with E-state index in [0.29, 0.717) is 6.04 Å². The molecule has 1 aromatic heterocycles. The van der Waals surface area contributed by atoms with Crippen molar-refractivity contribution in [3.63, 3.8) is 0 Å². The van der Waals surface area contributed by atoms with Crippen LogP contribution in [0.3, 0.4) is 0 Å². The first-order chi connectivity index (χ1) is 11.8. The summed E-state index contributed by atoms with van der Waals surface area (Å²) < 4.78 is 1.24. The van der Waals surface area contributed by atoms with Gasteiger partial charge >= 0.3 is 0 Å². The lowest BCUT2D eigenvalue weighted by atomic mass is 9.93. The minimum atomic E-state index is 0.178. The Kier molecular flexibility index (Phi) is 4.52. The fourth-order valence-corrected chi connectivity index (χ4v) is 4.58. The largest absolute Gasteiger partial charge is 0.353 e. The maximum absolute atomic E-state index is 12.4. The average Bonchev–Trinajstić information content (AvgIpc) is 3.07. The van der Waals surface area contributed by atoms with Crippen LogP contribution in [0.4, 0.5) is 5.13 Å². The number of rotatable bonds is 3. The molecule has 1 amide bonds. The standard InChI is InChI=1S/C19H23N3OS/c23-18(14-6-2-1-3-7-14)20-15-10-12-22(13-11-15)19-21-16-8-4-5-9-17(16)24-19/h1-2,4-5,8-9,14-15H,3,6-7,10-13H2,(H,20,23). The molecule has 1 aromatic carbocycles. The highest BCUT2D eigenvalue weighted by molar-refractivity contribution is 7.22. The number of aromatic nitrogens is 1. The minimum absolute atomic E-state index is 0.178. The van der Waals surface area contributed by atoms with Crippen LogP contribution < -0.4 is 10.2 Å². The molecule has 2 aliphatic rings. The Morgan fingerprint density at radius 3 is 2.75 bits per heavy atom. The van der Waals surface area contributed by atoms with Gasteiger partial charge in [0.15, 0.2) is 5.13 Å². The first kappa shape index (κ1) is 15.6. The monoisotopic (exact) mass is 341 g/mol. The molecule has 1 aliphatic heterocycles. The summed E-state index contributed by atoms with van der Waals surface area (Å²) in [5.74, 6) is 0.426. The summed E-state index contributed by atoms with van der Waals surface area (Å²) >= 11 is 1.76. The van der Waals surface area contributed by atoms with E-state index < -0.39 is 0 Å². The number of piperidine rings is 1. The lowest BCUT2D eigenvalue weighted by Gasteiger charge is -2.33. The number of carbonyl (C=O) groups is 1. The van der Waals surface area contributed by atoms with E-state index >= 15 is 0 Å². The molecule has 0 saturated carbocycles. The van der Waals surface area contributed by atoms with Gasteiger partial charge in [0.1, 0.15) is 0 Å². The van der Waals surface area contributed by atoms with Crippen molar-refractivity contribution < 1.29 is 4.79 Å². The highest BCUT2D eigenvalue weighted by Gasteiger charge is 2.25. The van der Waals surface area contributed by atoms with E-state index in [9.17, 15) is 4.79 Å². The summed E-state index contributed by atoms with van der Waals surface area (Å²) in [6, 6.07) is 8.61. The van der Waals surface area contributed by atoms with Crippen LogP contribution in [0, 0.1) is 5.92 Å². The Balaban J connectivity index is 1.33. The Bertz CT molecular complexity index is 713. The number of nitrogens with one attached hydrogen (secondary N) is 1. The second-order valence-corrected chi connectivity index (χ2v) is 7.72. The summed E-state index contributed by atoms with van der Waals surface area (Å²) in [5, 5.41) is 4.38. The number of carbonyl (C=O) groups excluding carboxylic acids is 1. The third kappa shape index (κ3) is 3.31. The molecule has 5 heteroatoms. The molecule has 1 unspecified atom stereocenters. The SMILES string of the molecule is O=C(NC1CCN(c2nc3ccccc3s2)CC1)C1CC=CCC1. The van der Waals surface area contributed by atoms with Crippen LogP contribution in [0.1, 0.15) is 32.1 Å². The second-order valence-electron chi connectivity index (χ2n) is 6.72. The highest BCUT2D eigenvalue weighted by Crippen LogP contribution is 2.30. The van der Waals surface area contributed by atoms with E-state index in [2.05, 4.69) is 40.6 Å². The van der Waals surface area contributed by atoms with Gasteiger partial charge in [0.25, 0.3) is 0 Å². The van der Waals surface area contributed by atoms with Gasteiger partial charge in [-0.05, 0) is 44.2 Å². The Hall–Kier alpha value is -1.88. The molecule has 0 radical (unpaired) electrons. The fourth-order valence-electron chi connectivity index (χ4n) is 3.56. The quantitative estimate of drug-likeness (QED) is 0.865. The number of thiazole rings is 1. The molecule has 1 aliphatic carbocycles. The fraction of sp³-hybridized carbons (Fsp3) is 0.474. The molecule has 1 atom stereocenters. The van der Waals surface area contributed by atoms with Crippen molar-refractivity contribution in [2.24, 2.45) is 5.92 Å². The molecule has 0 spiro atoms. The topological polar surface area (TPSA) is 45.2 Å². The molecule has 0 bridgehead atoms. The van der Waals surface area contributed by atoms with E-state index in [1.54, 1.807) is 11.3 Å². The van der Waals surface area contributed by atoms with Crippen molar-refractivity contribution in [2.45, 2.75) is 38.1 Å². The smallest absolute Gasteiger partial charge is 0.223 e. The summed E-state index contributed by atoms with van der Waals surface area (Å²) in [4.78, 5) is 19.5. The van der Waals surface area contributed by atoms with Crippen molar-refractivity contribution in [1.29, 1.82) is 0 Å². The zero-order valence-corrected chi connectivity index (χ0v) is 14.6. The molecule has 1 N–H and O–H groups in total. The van der Waals surface area contributed by atoms with Crippen molar-refractivity contribution in [1.82, 2.24) is 10.3 Å². The van der Waals surface area contributed by atoms with Gasteiger partial charge in [-0.2, -0.15) is 0 Å². The summed E-state index contributed by atoms with van der Waals surface area (Å²) in [7, 11) is 0. The zero-order valence-electron chi connectivity index (χ0n) is 13.8. The molecule has 24 heavy (non-hydrogen) atoms. The van der Waals surface area contributed by atoms with E-state index in [4.69, 9.17) is 4.98 Å². The van der Waals surface area contributed by atoms with Crippen LogP contribution in [0.5, 0.6) is 0 Å². The van der Waals surface area contributed by atoms with Gasteiger partial charge in [0.2, 0.25) is 5.91 Å². The van der Waals surface area contributed by atoms with Crippen LogP contribution in [-0.2, 0) is 4.79 Å². The van der Waals surface area contributed by atoms with Gasteiger partial charge in [0, 0.05) is 25.0 Å². The molecular formula is C19H23N3OS. The number of allylic oxidation sites excluding steroid dienone is 2. The van der Waals surface area contributed by atoms with Crippen LogP contribution in [0.2, 0.25) is 0 Å². The van der Waals surface area contributed by atoms with Crippen molar-refractivity contribution >= 4 is 32.6 Å². The molecule has 1 saturated heterocycles.